The molecule has 2 rings (SSSR count). The van der Waals surface area contributed by atoms with Crippen LogP contribution in [0.15, 0.2) is 24.3 Å². The number of carbonyl (C=O) groups is 1. The Balaban J connectivity index is 2.01. The van der Waals surface area contributed by atoms with Crippen LogP contribution in [0.1, 0.15) is 12.0 Å². The molecule has 1 amide bonds. The summed E-state index contributed by atoms with van der Waals surface area (Å²) in [5.41, 5.74) is 1.04. The molecule has 1 aliphatic heterocycles. The molecule has 4 heteroatoms. The van der Waals surface area contributed by atoms with Gasteiger partial charge in [-0.3, -0.25) is 4.79 Å². The van der Waals surface area contributed by atoms with Crippen LogP contribution < -0.4 is 4.74 Å². The van der Waals surface area contributed by atoms with Gasteiger partial charge in [0.1, 0.15) is 11.9 Å². The van der Waals surface area contributed by atoms with Crippen molar-refractivity contribution >= 4 is 5.91 Å². The van der Waals surface area contributed by atoms with E-state index in [1.807, 2.05) is 24.3 Å². The average molecular weight is 221 g/mol. The average Bonchev–Trinajstić information content (AvgIpc) is 2.62. The van der Waals surface area contributed by atoms with E-state index in [-0.39, 0.29) is 5.91 Å². The lowest BCUT2D eigenvalue weighted by atomic mass is 10.2. The van der Waals surface area contributed by atoms with Crippen molar-refractivity contribution in [2.75, 3.05) is 13.7 Å². The Bertz CT molecular complexity index is 374. The van der Waals surface area contributed by atoms with Gasteiger partial charge < -0.3 is 14.7 Å². The monoisotopic (exact) mass is 221 g/mol. The van der Waals surface area contributed by atoms with Crippen molar-refractivity contribution in [2.24, 2.45) is 0 Å². The van der Waals surface area contributed by atoms with Gasteiger partial charge in [0, 0.05) is 13.1 Å². The van der Waals surface area contributed by atoms with E-state index in [4.69, 9.17) is 4.74 Å². The lowest BCUT2D eigenvalue weighted by Crippen LogP contribution is -2.28. The standard InChI is InChI=1S/C12H15NO3/c1-16-10-4-2-9(3-5-10)8-13-7-6-11(14)12(13)15/h2-5,11,14H,6-8H2,1H3. The van der Waals surface area contributed by atoms with E-state index in [1.165, 1.54) is 0 Å². The van der Waals surface area contributed by atoms with Crippen molar-refractivity contribution in [3.63, 3.8) is 0 Å². The van der Waals surface area contributed by atoms with Crippen LogP contribution in [-0.2, 0) is 11.3 Å². The van der Waals surface area contributed by atoms with Gasteiger partial charge in [0.2, 0.25) is 0 Å². The highest BCUT2D eigenvalue weighted by Crippen LogP contribution is 2.17. The molecule has 4 nitrogen and oxygen atoms in total. The van der Waals surface area contributed by atoms with Gasteiger partial charge in [-0.15, -0.1) is 0 Å². The van der Waals surface area contributed by atoms with E-state index in [2.05, 4.69) is 0 Å². The molecule has 1 unspecified atom stereocenters. The first-order valence-corrected chi connectivity index (χ1v) is 5.30. The number of nitrogens with zero attached hydrogens (tertiary/aromatic N) is 1. The van der Waals surface area contributed by atoms with Gasteiger partial charge in [-0.2, -0.15) is 0 Å². The topological polar surface area (TPSA) is 49.8 Å². The molecule has 0 saturated carbocycles. The van der Waals surface area contributed by atoms with Crippen molar-refractivity contribution in [3.8, 4) is 5.75 Å². The van der Waals surface area contributed by atoms with Crippen molar-refractivity contribution in [2.45, 2.75) is 19.1 Å². The van der Waals surface area contributed by atoms with Crippen LogP contribution in [-0.4, -0.2) is 35.7 Å². The molecule has 0 aromatic heterocycles. The minimum Gasteiger partial charge on any atom is -0.497 e. The molecule has 1 N–H and O–H groups in total. The number of amides is 1. The van der Waals surface area contributed by atoms with Crippen LogP contribution in [0.4, 0.5) is 0 Å². The number of hydrogen-bond donors (Lipinski definition) is 1. The second-order valence-electron chi connectivity index (χ2n) is 3.91. The van der Waals surface area contributed by atoms with Crippen molar-refractivity contribution in [3.05, 3.63) is 29.8 Å². The molecule has 1 saturated heterocycles. The molecule has 1 fully saturated rings. The highest BCUT2D eigenvalue weighted by atomic mass is 16.5. The maximum absolute atomic E-state index is 11.5. The molecule has 0 spiro atoms. The molecule has 1 aliphatic rings. The summed E-state index contributed by atoms with van der Waals surface area (Å²) in [7, 11) is 1.62. The summed E-state index contributed by atoms with van der Waals surface area (Å²) < 4.78 is 5.06. The van der Waals surface area contributed by atoms with Crippen LogP contribution in [0.25, 0.3) is 0 Å². The fourth-order valence-corrected chi connectivity index (χ4v) is 1.83. The van der Waals surface area contributed by atoms with Crippen molar-refractivity contribution in [1.29, 1.82) is 0 Å². The number of ether oxygens (including phenoxy) is 1. The normalized spacial score (nSPS) is 20.2. The second-order valence-corrected chi connectivity index (χ2v) is 3.91. The Morgan fingerprint density at radius 3 is 2.62 bits per heavy atom. The lowest BCUT2D eigenvalue weighted by Gasteiger charge is -2.15. The molecular formula is C12H15NO3. The third-order valence-electron chi connectivity index (χ3n) is 2.80. The van der Waals surface area contributed by atoms with Crippen LogP contribution in [0, 0.1) is 0 Å². The third-order valence-corrected chi connectivity index (χ3v) is 2.80. The Hall–Kier alpha value is -1.55. The molecule has 1 atom stereocenters. The molecule has 0 radical (unpaired) electrons. The first kappa shape index (κ1) is 11.0. The predicted molar refractivity (Wildman–Crippen MR) is 59.0 cm³/mol. The largest absolute Gasteiger partial charge is 0.497 e. The molecule has 0 bridgehead atoms. The fraction of sp³-hybridized carbons (Fsp3) is 0.417. The van der Waals surface area contributed by atoms with Crippen LogP contribution in [0.2, 0.25) is 0 Å². The molecular weight excluding hydrogens is 206 g/mol. The van der Waals surface area contributed by atoms with Gasteiger partial charge in [0.25, 0.3) is 5.91 Å². The predicted octanol–water partition coefficient (Wildman–Crippen LogP) is 0.788. The van der Waals surface area contributed by atoms with Crippen LogP contribution in [0.3, 0.4) is 0 Å². The van der Waals surface area contributed by atoms with E-state index < -0.39 is 6.10 Å². The van der Waals surface area contributed by atoms with Gasteiger partial charge in [-0.25, -0.2) is 0 Å². The zero-order chi connectivity index (χ0) is 11.5. The number of aliphatic hydroxyl groups excluding tert-OH is 1. The van der Waals surface area contributed by atoms with Crippen molar-refractivity contribution < 1.29 is 14.6 Å². The summed E-state index contributed by atoms with van der Waals surface area (Å²) in [6.45, 7) is 1.19. The number of aliphatic hydroxyl groups is 1. The summed E-state index contributed by atoms with van der Waals surface area (Å²) in [4.78, 5) is 13.2. The van der Waals surface area contributed by atoms with E-state index in [9.17, 15) is 9.90 Å². The Kier molecular flexibility index (Phi) is 3.10. The first-order chi connectivity index (χ1) is 7.70. The minimum atomic E-state index is -0.807. The number of benzene rings is 1. The fourth-order valence-electron chi connectivity index (χ4n) is 1.83. The van der Waals surface area contributed by atoms with E-state index >= 15 is 0 Å². The molecule has 1 aromatic rings. The van der Waals surface area contributed by atoms with Gasteiger partial charge in [0.15, 0.2) is 0 Å². The number of carbonyl (C=O) groups excluding carboxylic acids is 1. The Labute approximate surface area is 94.4 Å². The maximum Gasteiger partial charge on any atom is 0.251 e. The van der Waals surface area contributed by atoms with E-state index in [0.717, 1.165) is 11.3 Å². The summed E-state index contributed by atoms with van der Waals surface area (Å²) in [5, 5.41) is 9.32. The van der Waals surface area contributed by atoms with Gasteiger partial charge in [0.05, 0.1) is 7.11 Å². The quantitative estimate of drug-likeness (QED) is 0.821. The zero-order valence-corrected chi connectivity index (χ0v) is 9.22. The summed E-state index contributed by atoms with van der Waals surface area (Å²) >= 11 is 0. The second kappa shape index (κ2) is 4.53. The van der Waals surface area contributed by atoms with Gasteiger partial charge in [-0.05, 0) is 24.1 Å². The van der Waals surface area contributed by atoms with Crippen LogP contribution >= 0.6 is 0 Å². The summed E-state index contributed by atoms with van der Waals surface area (Å²) in [5.74, 6) is 0.632. The highest BCUT2D eigenvalue weighted by Gasteiger charge is 2.29. The first-order valence-electron chi connectivity index (χ1n) is 5.30. The lowest BCUT2D eigenvalue weighted by molar-refractivity contribution is -0.134. The molecule has 1 heterocycles. The summed E-state index contributed by atoms with van der Waals surface area (Å²) in [6.07, 6.45) is -0.270. The highest BCUT2D eigenvalue weighted by molar-refractivity contribution is 5.82. The SMILES string of the molecule is COc1ccc(CN2CCC(O)C2=O)cc1. The molecule has 86 valence electrons. The number of methoxy groups -OCH3 is 1. The van der Waals surface area contributed by atoms with Crippen LogP contribution in [0.5, 0.6) is 5.75 Å². The third kappa shape index (κ3) is 2.17. The Morgan fingerprint density at radius 2 is 2.12 bits per heavy atom. The van der Waals surface area contributed by atoms with Gasteiger partial charge >= 0.3 is 0 Å². The van der Waals surface area contributed by atoms with E-state index in [0.29, 0.717) is 19.5 Å². The number of likely N-dealkylation sites (tertiary alicyclic amines) is 1. The number of hydrogen-bond acceptors (Lipinski definition) is 3. The Morgan fingerprint density at radius 1 is 1.44 bits per heavy atom. The summed E-state index contributed by atoms with van der Waals surface area (Å²) in [6, 6.07) is 7.59. The minimum absolute atomic E-state index is 0.171. The van der Waals surface area contributed by atoms with Crippen molar-refractivity contribution in [1.82, 2.24) is 4.90 Å². The number of rotatable bonds is 3. The van der Waals surface area contributed by atoms with E-state index in [1.54, 1.807) is 12.0 Å². The zero-order valence-electron chi connectivity index (χ0n) is 9.22. The molecule has 16 heavy (non-hydrogen) atoms. The maximum atomic E-state index is 11.5. The smallest absolute Gasteiger partial charge is 0.251 e. The van der Waals surface area contributed by atoms with Gasteiger partial charge in [-0.1, -0.05) is 12.1 Å². The molecule has 0 aliphatic carbocycles. The molecule has 1 aromatic carbocycles.